The summed E-state index contributed by atoms with van der Waals surface area (Å²) in [4.78, 5) is 25.3. The van der Waals surface area contributed by atoms with Crippen molar-refractivity contribution in [2.24, 2.45) is 0 Å². The van der Waals surface area contributed by atoms with Crippen LogP contribution < -0.4 is 5.32 Å². The Morgan fingerprint density at radius 2 is 1.85 bits per heavy atom. The molecule has 8 nitrogen and oxygen atoms in total. The van der Waals surface area contributed by atoms with E-state index in [4.69, 9.17) is 4.42 Å². The van der Waals surface area contributed by atoms with E-state index in [0.717, 1.165) is 26.3 Å². The average molecular weight is 541 g/mol. The second-order valence-corrected chi connectivity index (χ2v) is 9.69. The van der Waals surface area contributed by atoms with E-state index in [9.17, 15) is 14.9 Å². The van der Waals surface area contributed by atoms with Crippen LogP contribution in [0.1, 0.15) is 33.3 Å². The van der Waals surface area contributed by atoms with Gasteiger partial charge in [0.05, 0.1) is 27.3 Å². The van der Waals surface area contributed by atoms with Crippen molar-refractivity contribution in [3.05, 3.63) is 97.7 Å². The van der Waals surface area contributed by atoms with E-state index >= 15 is 0 Å². The molecule has 2 aromatic carbocycles. The van der Waals surface area contributed by atoms with Crippen LogP contribution >= 0.6 is 27.7 Å². The van der Waals surface area contributed by atoms with Gasteiger partial charge in [0.15, 0.2) is 5.76 Å². The van der Waals surface area contributed by atoms with Crippen molar-refractivity contribution in [2.75, 3.05) is 5.32 Å². The molecule has 0 saturated carbocycles. The molecular weight excluding hydrogens is 520 g/mol. The predicted octanol–water partition coefficient (Wildman–Crippen LogP) is 6.52. The highest BCUT2D eigenvalue weighted by molar-refractivity contribution is 9.10. The van der Waals surface area contributed by atoms with Gasteiger partial charge in [-0.05, 0) is 67.0 Å². The molecule has 2 aromatic heterocycles. The second-order valence-electron chi connectivity index (χ2n) is 7.75. The van der Waals surface area contributed by atoms with Crippen LogP contribution in [0.25, 0.3) is 0 Å². The smallest absolute Gasteiger partial charge is 0.291 e. The zero-order valence-corrected chi connectivity index (χ0v) is 21.1. The van der Waals surface area contributed by atoms with Crippen LogP contribution in [0, 0.1) is 30.9 Å². The van der Waals surface area contributed by atoms with Gasteiger partial charge in [0.25, 0.3) is 11.6 Å². The maximum atomic E-state index is 12.8. The summed E-state index contributed by atoms with van der Waals surface area (Å²) in [5.41, 5.74) is 3.15. The van der Waals surface area contributed by atoms with E-state index in [1.807, 2.05) is 45.0 Å². The predicted molar refractivity (Wildman–Crippen MR) is 134 cm³/mol. The standard InChI is InChI=1S/C24H21BrN4O4S/c1-14-4-7-20(8-5-14)34-21-11-17(10-18(12-21)29(31)32)26-24(30)22-9-6-19(33-22)13-28-16(3)23(25)15(2)27-28/h4-12H,13H2,1-3H3,(H,26,30). The van der Waals surface area contributed by atoms with Crippen LogP contribution in [-0.2, 0) is 6.54 Å². The molecule has 0 radical (unpaired) electrons. The van der Waals surface area contributed by atoms with Crippen LogP contribution in [0.4, 0.5) is 11.4 Å². The fourth-order valence-electron chi connectivity index (χ4n) is 3.32. The first kappa shape index (κ1) is 23.8. The summed E-state index contributed by atoms with van der Waals surface area (Å²) in [6.07, 6.45) is 0. The number of furan rings is 1. The van der Waals surface area contributed by atoms with E-state index in [1.165, 1.54) is 23.9 Å². The number of carbonyl (C=O) groups is 1. The quantitative estimate of drug-likeness (QED) is 0.211. The molecule has 1 amide bonds. The number of carbonyl (C=O) groups excluding carboxylic acids is 1. The topological polar surface area (TPSA) is 103 Å². The third kappa shape index (κ3) is 5.40. The molecule has 0 atom stereocenters. The summed E-state index contributed by atoms with van der Waals surface area (Å²) >= 11 is 4.88. The number of rotatable bonds is 7. The summed E-state index contributed by atoms with van der Waals surface area (Å²) in [5, 5.41) is 18.6. The van der Waals surface area contributed by atoms with Crippen molar-refractivity contribution in [1.29, 1.82) is 0 Å². The van der Waals surface area contributed by atoms with E-state index in [0.29, 0.717) is 22.9 Å². The van der Waals surface area contributed by atoms with Gasteiger partial charge in [-0.2, -0.15) is 5.10 Å². The lowest BCUT2D eigenvalue weighted by Gasteiger charge is -2.08. The normalized spacial score (nSPS) is 10.9. The summed E-state index contributed by atoms with van der Waals surface area (Å²) in [5.74, 6) is 0.181. The van der Waals surface area contributed by atoms with E-state index in [1.54, 1.807) is 22.9 Å². The minimum Gasteiger partial charge on any atom is -0.454 e. The Morgan fingerprint density at radius 3 is 2.50 bits per heavy atom. The molecule has 0 saturated heterocycles. The Balaban J connectivity index is 1.52. The van der Waals surface area contributed by atoms with Gasteiger partial charge in [0.2, 0.25) is 0 Å². The van der Waals surface area contributed by atoms with Crippen molar-refractivity contribution >= 4 is 45.0 Å². The number of nitro benzene ring substituents is 1. The number of benzene rings is 2. The Hall–Kier alpha value is -3.37. The number of non-ortho nitro benzene ring substituents is 1. The zero-order valence-electron chi connectivity index (χ0n) is 18.7. The Morgan fingerprint density at radius 1 is 1.12 bits per heavy atom. The highest BCUT2D eigenvalue weighted by atomic mass is 79.9. The molecule has 0 unspecified atom stereocenters. The van der Waals surface area contributed by atoms with Crippen LogP contribution in [-0.4, -0.2) is 20.6 Å². The first-order valence-corrected chi connectivity index (χ1v) is 11.9. The third-order valence-corrected chi connectivity index (χ3v) is 7.23. The lowest BCUT2D eigenvalue weighted by molar-refractivity contribution is -0.385. The molecule has 4 aromatic rings. The van der Waals surface area contributed by atoms with Gasteiger partial charge >= 0.3 is 0 Å². The minimum atomic E-state index is -0.493. The molecule has 0 aliphatic carbocycles. The molecular formula is C24H21BrN4O4S. The van der Waals surface area contributed by atoms with Crippen LogP contribution in [0.3, 0.4) is 0 Å². The third-order valence-electron chi connectivity index (χ3n) is 5.10. The number of amides is 1. The lowest BCUT2D eigenvalue weighted by atomic mass is 10.2. The van der Waals surface area contributed by atoms with Gasteiger partial charge in [-0.1, -0.05) is 29.5 Å². The maximum Gasteiger partial charge on any atom is 0.291 e. The van der Waals surface area contributed by atoms with Gasteiger partial charge < -0.3 is 9.73 Å². The minimum absolute atomic E-state index is 0.106. The van der Waals surface area contributed by atoms with Crippen molar-refractivity contribution in [3.63, 3.8) is 0 Å². The van der Waals surface area contributed by atoms with E-state index in [2.05, 4.69) is 26.3 Å². The van der Waals surface area contributed by atoms with Gasteiger partial charge in [-0.15, -0.1) is 0 Å². The van der Waals surface area contributed by atoms with Crippen molar-refractivity contribution in [3.8, 4) is 0 Å². The van der Waals surface area contributed by atoms with Gasteiger partial charge in [0.1, 0.15) is 5.76 Å². The number of nitrogens with one attached hydrogen (secondary N) is 1. The highest BCUT2D eigenvalue weighted by Crippen LogP contribution is 2.33. The number of anilines is 1. The molecule has 0 aliphatic heterocycles. The number of hydrogen-bond donors (Lipinski definition) is 1. The molecule has 174 valence electrons. The van der Waals surface area contributed by atoms with Crippen molar-refractivity contribution in [2.45, 2.75) is 37.1 Å². The summed E-state index contributed by atoms with van der Waals surface area (Å²) < 4.78 is 8.43. The first-order valence-electron chi connectivity index (χ1n) is 10.3. The molecule has 0 fully saturated rings. The fraction of sp³-hybridized carbons (Fsp3) is 0.167. The van der Waals surface area contributed by atoms with Crippen LogP contribution in [0.15, 0.2) is 73.3 Å². The largest absolute Gasteiger partial charge is 0.454 e. The second kappa shape index (κ2) is 9.86. The summed E-state index contributed by atoms with van der Waals surface area (Å²) in [7, 11) is 0. The van der Waals surface area contributed by atoms with Gasteiger partial charge in [-0.3, -0.25) is 19.6 Å². The molecule has 4 rings (SSSR count). The molecule has 0 bridgehead atoms. The molecule has 10 heteroatoms. The van der Waals surface area contributed by atoms with Crippen molar-refractivity contribution in [1.82, 2.24) is 9.78 Å². The Bertz CT molecular complexity index is 1380. The van der Waals surface area contributed by atoms with Crippen LogP contribution in [0.5, 0.6) is 0 Å². The molecule has 0 aliphatic rings. The summed E-state index contributed by atoms with van der Waals surface area (Å²) in [6, 6.07) is 15.6. The van der Waals surface area contributed by atoms with E-state index in [-0.39, 0.29) is 11.4 Å². The monoisotopic (exact) mass is 540 g/mol. The molecule has 0 spiro atoms. The number of aryl methyl sites for hydroxylation is 2. The number of nitro groups is 1. The van der Waals surface area contributed by atoms with Crippen molar-refractivity contribution < 1.29 is 14.1 Å². The van der Waals surface area contributed by atoms with Crippen LogP contribution in [0.2, 0.25) is 0 Å². The first-order chi connectivity index (χ1) is 16.2. The number of hydrogen-bond acceptors (Lipinski definition) is 6. The molecule has 1 N–H and O–H groups in total. The Labute approximate surface area is 208 Å². The summed E-state index contributed by atoms with van der Waals surface area (Å²) in [6.45, 7) is 6.21. The van der Waals surface area contributed by atoms with Gasteiger partial charge in [0, 0.05) is 27.6 Å². The maximum absolute atomic E-state index is 12.8. The zero-order chi connectivity index (χ0) is 24.4. The number of aromatic nitrogens is 2. The number of nitrogens with zero attached hydrogens (tertiary/aromatic N) is 3. The number of halogens is 1. The highest BCUT2D eigenvalue weighted by Gasteiger charge is 2.17. The lowest BCUT2D eigenvalue weighted by Crippen LogP contribution is -2.11. The fourth-order valence-corrected chi connectivity index (χ4v) is 4.51. The Kier molecular flexibility index (Phi) is 6.90. The average Bonchev–Trinajstić information content (AvgIpc) is 3.36. The van der Waals surface area contributed by atoms with E-state index < -0.39 is 10.8 Å². The molecule has 34 heavy (non-hydrogen) atoms. The van der Waals surface area contributed by atoms with Gasteiger partial charge in [-0.25, -0.2) is 0 Å². The molecule has 2 heterocycles. The SMILES string of the molecule is Cc1ccc(Sc2cc(NC(=O)c3ccc(Cn4nc(C)c(Br)c4C)o3)cc([N+](=O)[O-])c2)cc1.